The van der Waals surface area contributed by atoms with Gasteiger partial charge < -0.3 is 20.5 Å². The Hall–Kier alpha value is -3.81. The molecule has 1 heterocycles. The lowest BCUT2D eigenvalue weighted by molar-refractivity contribution is 0.102. The normalized spacial score (nSPS) is 13.7. The second-order valence-corrected chi connectivity index (χ2v) is 9.10. The number of ether oxygens (including phenoxy) is 1. The van der Waals surface area contributed by atoms with E-state index in [0.717, 1.165) is 31.4 Å². The van der Waals surface area contributed by atoms with Crippen LogP contribution in [0, 0.1) is 0 Å². The average molecular weight is 477 g/mol. The second kappa shape index (κ2) is 10.6. The van der Waals surface area contributed by atoms with Crippen LogP contribution in [-0.2, 0) is 0 Å². The summed E-state index contributed by atoms with van der Waals surface area (Å²) in [6, 6.07) is 13.4. The van der Waals surface area contributed by atoms with Crippen molar-refractivity contribution in [1.29, 1.82) is 0 Å². The highest BCUT2D eigenvalue weighted by Gasteiger charge is 2.26. The molecule has 2 amide bonds. The Balaban J connectivity index is 1.55. The van der Waals surface area contributed by atoms with Crippen molar-refractivity contribution in [3.63, 3.8) is 0 Å². The summed E-state index contributed by atoms with van der Waals surface area (Å²) >= 11 is 0. The zero-order valence-electron chi connectivity index (χ0n) is 20.4. The Morgan fingerprint density at radius 3 is 2.46 bits per heavy atom. The van der Waals surface area contributed by atoms with E-state index in [0.29, 0.717) is 34.9 Å². The number of benzene rings is 2. The smallest absolute Gasteiger partial charge is 0.342 e. The third-order valence-corrected chi connectivity index (χ3v) is 6.07. The molecule has 8 heteroatoms. The minimum atomic E-state index is -0.293. The van der Waals surface area contributed by atoms with Crippen molar-refractivity contribution in [2.75, 3.05) is 11.9 Å². The topological polar surface area (TPSA) is 105 Å². The summed E-state index contributed by atoms with van der Waals surface area (Å²) in [4.78, 5) is 25.4. The molecule has 184 valence electrons. The summed E-state index contributed by atoms with van der Waals surface area (Å²) in [7, 11) is 0. The van der Waals surface area contributed by atoms with Gasteiger partial charge in [0, 0.05) is 34.8 Å². The third-order valence-electron chi connectivity index (χ3n) is 6.07. The number of nitrogens with one attached hydrogen (secondary N) is 2. The maximum Gasteiger partial charge on any atom is 0.342 e. The Morgan fingerprint density at radius 1 is 1.11 bits per heavy atom. The lowest BCUT2D eigenvalue weighted by Gasteiger charge is -2.13. The molecule has 0 saturated heterocycles. The van der Waals surface area contributed by atoms with Gasteiger partial charge in [-0.1, -0.05) is 12.8 Å². The van der Waals surface area contributed by atoms with Crippen molar-refractivity contribution < 1.29 is 19.4 Å². The number of carbonyl (C=O) groups is 2. The van der Waals surface area contributed by atoms with E-state index < -0.39 is 0 Å². The molecule has 1 saturated carbocycles. The lowest BCUT2D eigenvalue weighted by atomic mass is 10.0. The van der Waals surface area contributed by atoms with Crippen molar-refractivity contribution >= 4 is 17.6 Å². The van der Waals surface area contributed by atoms with Crippen molar-refractivity contribution in [3.05, 3.63) is 59.8 Å². The number of hydrogen-bond donors (Lipinski definition) is 3. The van der Waals surface area contributed by atoms with Crippen LogP contribution in [0.25, 0.3) is 11.3 Å². The van der Waals surface area contributed by atoms with E-state index in [4.69, 9.17) is 4.74 Å². The van der Waals surface area contributed by atoms with Gasteiger partial charge in [-0.2, -0.15) is 9.78 Å². The Morgan fingerprint density at radius 2 is 1.83 bits per heavy atom. The minimum absolute atomic E-state index is 0.0155. The van der Waals surface area contributed by atoms with Crippen LogP contribution in [0.2, 0.25) is 0 Å². The van der Waals surface area contributed by atoms with Crippen molar-refractivity contribution in [1.82, 2.24) is 15.1 Å². The number of amides is 2. The fourth-order valence-corrected chi connectivity index (χ4v) is 4.41. The molecule has 2 aromatic carbocycles. The van der Waals surface area contributed by atoms with Crippen LogP contribution in [0.15, 0.2) is 48.5 Å². The number of phenolic OH excluding ortho intramolecular Hbond substituents is 1. The molecule has 0 aliphatic heterocycles. The van der Waals surface area contributed by atoms with Gasteiger partial charge in [0.05, 0.1) is 18.0 Å². The quantitative estimate of drug-likeness (QED) is 0.416. The van der Waals surface area contributed by atoms with E-state index in [-0.39, 0.29) is 29.6 Å². The second-order valence-electron chi connectivity index (χ2n) is 9.10. The molecule has 0 radical (unpaired) electrons. The first-order valence-electron chi connectivity index (χ1n) is 12.1. The van der Waals surface area contributed by atoms with Gasteiger partial charge in [-0.05, 0) is 76.1 Å². The molecule has 4 rings (SSSR count). The van der Waals surface area contributed by atoms with Crippen LogP contribution in [0.3, 0.4) is 0 Å². The molecule has 0 atom stereocenters. The number of hydrogen-bond acceptors (Lipinski definition) is 5. The number of aromatic hydroxyl groups is 1. The standard InChI is InChI=1S/C27H32N4O4/c1-4-35-21-12-9-19(10-13-21)26(33)29-20-11-14-22(25(32)15-20)23-16-24(18-7-5-6-8-18)31(30-23)27(34)28-17(2)3/h9-18,32H,4-8H2,1-3H3,(H,28,34)(H,29,33). The van der Waals surface area contributed by atoms with Crippen LogP contribution in [0.4, 0.5) is 10.5 Å². The maximum absolute atomic E-state index is 12.8. The van der Waals surface area contributed by atoms with Gasteiger partial charge in [0.15, 0.2) is 0 Å². The van der Waals surface area contributed by atoms with Crippen LogP contribution in [0.5, 0.6) is 11.5 Å². The van der Waals surface area contributed by atoms with Gasteiger partial charge in [-0.3, -0.25) is 4.79 Å². The molecule has 1 aromatic heterocycles. The van der Waals surface area contributed by atoms with E-state index >= 15 is 0 Å². The Labute approximate surface area is 205 Å². The maximum atomic E-state index is 12.8. The zero-order valence-corrected chi connectivity index (χ0v) is 20.4. The van der Waals surface area contributed by atoms with Crippen molar-refractivity contribution in [3.8, 4) is 22.8 Å². The molecule has 3 aromatic rings. The molecule has 8 nitrogen and oxygen atoms in total. The highest BCUT2D eigenvalue weighted by Crippen LogP contribution is 2.38. The summed E-state index contributed by atoms with van der Waals surface area (Å²) < 4.78 is 6.85. The number of carbonyl (C=O) groups excluding carboxylic acids is 2. The predicted molar refractivity (Wildman–Crippen MR) is 135 cm³/mol. The largest absolute Gasteiger partial charge is 0.507 e. The molecule has 0 bridgehead atoms. The van der Waals surface area contributed by atoms with Gasteiger partial charge in [0.25, 0.3) is 5.91 Å². The van der Waals surface area contributed by atoms with Gasteiger partial charge in [-0.25, -0.2) is 4.79 Å². The highest BCUT2D eigenvalue weighted by atomic mass is 16.5. The van der Waals surface area contributed by atoms with Crippen molar-refractivity contribution in [2.45, 2.75) is 58.4 Å². The zero-order chi connectivity index (χ0) is 24.9. The Bertz CT molecular complexity index is 1190. The minimum Gasteiger partial charge on any atom is -0.507 e. The van der Waals surface area contributed by atoms with E-state index in [1.54, 1.807) is 36.4 Å². The number of anilines is 1. The van der Waals surface area contributed by atoms with Crippen LogP contribution < -0.4 is 15.4 Å². The van der Waals surface area contributed by atoms with Gasteiger partial charge in [-0.15, -0.1) is 0 Å². The highest BCUT2D eigenvalue weighted by molar-refractivity contribution is 6.04. The molecular weight excluding hydrogens is 444 g/mol. The molecule has 35 heavy (non-hydrogen) atoms. The average Bonchev–Trinajstić information content (AvgIpc) is 3.50. The summed E-state index contributed by atoms with van der Waals surface area (Å²) in [6.07, 6.45) is 4.29. The van der Waals surface area contributed by atoms with E-state index in [1.165, 1.54) is 10.7 Å². The third kappa shape index (κ3) is 5.65. The monoisotopic (exact) mass is 476 g/mol. The number of phenols is 1. The first-order chi connectivity index (χ1) is 16.9. The predicted octanol–water partition coefficient (Wildman–Crippen LogP) is 5.53. The molecule has 0 unspecified atom stereocenters. The summed E-state index contributed by atoms with van der Waals surface area (Å²) in [6.45, 7) is 6.27. The first kappa shape index (κ1) is 24.3. The first-order valence-corrected chi connectivity index (χ1v) is 12.1. The van der Waals surface area contributed by atoms with Crippen LogP contribution >= 0.6 is 0 Å². The van der Waals surface area contributed by atoms with Crippen LogP contribution in [0.1, 0.15) is 68.4 Å². The Kier molecular flexibility index (Phi) is 7.39. The molecule has 1 fully saturated rings. The molecule has 0 spiro atoms. The molecule has 1 aliphatic carbocycles. The fourth-order valence-electron chi connectivity index (χ4n) is 4.41. The molecule has 1 aliphatic rings. The van der Waals surface area contributed by atoms with E-state index in [1.807, 2.05) is 26.8 Å². The fraction of sp³-hybridized carbons (Fsp3) is 0.370. The molecular formula is C27H32N4O4. The number of nitrogens with zero attached hydrogens (tertiary/aromatic N) is 2. The van der Waals surface area contributed by atoms with Crippen molar-refractivity contribution in [2.24, 2.45) is 0 Å². The van der Waals surface area contributed by atoms with Crippen LogP contribution in [-0.4, -0.2) is 39.5 Å². The molecule has 3 N–H and O–H groups in total. The summed E-state index contributed by atoms with van der Waals surface area (Å²) in [5, 5.41) is 21.0. The SMILES string of the molecule is CCOc1ccc(C(=O)Nc2ccc(-c3cc(C4CCCC4)n(C(=O)NC(C)C)n3)c(O)c2)cc1. The van der Waals surface area contributed by atoms with Gasteiger partial charge in [0.1, 0.15) is 11.5 Å². The summed E-state index contributed by atoms with van der Waals surface area (Å²) in [5.41, 5.74) is 2.82. The summed E-state index contributed by atoms with van der Waals surface area (Å²) in [5.74, 6) is 0.647. The van der Waals surface area contributed by atoms with E-state index in [9.17, 15) is 14.7 Å². The lowest BCUT2D eigenvalue weighted by Crippen LogP contribution is -2.35. The van der Waals surface area contributed by atoms with Gasteiger partial charge in [0.2, 0.25) is 0 Å². The number of rotatable bonds is 7. The van der Waals surface area contributed by atoms with E-state index in [2.05, 4.69) is 15.7 Å². The van der Waals surface area contributed by atoms with Gasteiger partial charge >= 0.3 is 6.03 Å². The number of aromatic nitrogens is 2.